The second-order valence-electron chi connectivity index (χ2n) is 2.68. The molecule has 0 aliphatic heterocycles. The fourth-order valence-corrected chi connectivity index (χ4v) is 3.18. The van der Waals surface area contributed by atoms with Crippen LogP contribution in [0.4, 0.5) is 0 Å². The summed E-state index contributed by atoms with van der Waals surface area (Å²) in [6.45, 7) is 0. The third-order valence-electron chi connectivity index (χ3n) is 1.64. The van der Waals surface area contributed by atoms with E-state index in [4.69, 9.17) is 11.6 Å². The molecular weight excluding hydrogens is 363 g/mol. The van der Waals surface area contributed by atoms with Crippen LogP contribution in [0.1, 0.15) is 5.82 Å². The van der Waals surface area contributed by atoms with Gasteiger partial charge in [0.2, 0.25) is 0 Å². The summed E-state index contributed by atoms with van der Waals surface area (Å²) in [7, 11) is 0. The average molecular weight is 369 g/mol. The van der Waals surface area contributed by atoms with Gasteiger partial charge in [0.25, 0.3) is 0 Å². The van der Waals surface area contributed by atoms with Gasteiger partial charge in [-0.25, -0.2) is 4.98 Å². The second-order valence-corrected chi connectivity index (χ2v) is 6.61. The first-order chi connectivity index (χ1) is 7.25. The van der Waals surface area contributed by atoms with Crippen LogP contribution in [0.3, 0.4) is 0 Å². The molecule has 0 unspecified atom stereocenters. The molecule has 0 radical (unpaired) electrons. The number of hydrogen-bond acceptors (Lipinski definition) is 4. The van der Waals surface area contributed by atoms with Gasteiger partial charge >= 0.3 is 0 Å². The van der Waals surface area contributed by atoms with Gasteiger partial charge in [0.15, 0.2) is 8.84 Å². The van der Waals surface area contributed by atoms with Crippen LogP contribution in [0.5, 0.6) is 0 Å². The Morgan fingerprint density at radius 3 is 2.87 bits per heavy atom. The number of halogens is 2. The smallest absolute Gasteiger partial charge is 0.174 e. The summed E-state index contributed by atoms with van der Waals surface area (Å²) in [6.07, 6.45) is 0. The van der Waals surface area contributed by atoms with Crippen molar-refractivity contribution in [3.05, 3.63) is 38.1 Å². The van der Waals surface area contributed by atoms with E-state index in [-0.39, 0.29) is 0 Å². The van der Waals surface area contributed by atoms with E-state index in [1.807, 2.05) is 24.3 Å². The lowest BCUT2D eigenvalue weighted by atomic mass is 10.4. The van der Waals surface area contributed by atoms with E-state index in [0.717, 1.165) is 24.5 Å². The molecule has 0 aliphatic rings. The lowest BCUT2D eigenvalue weighted by Gasteiger charge is -2.00. The predicted molar refractivity (Wildman–Crippen MR) is 73.6 cm³/mol. The lowest BCUT2D eigenvalue weighted by Crippen LogP contribution is -1.83. The number of rotatable bonds is 3. The van der Waals surface area contributed by atoms with Crippen LogP contribution in [0.25, 0.3) is 0 Å². The highest BCUT2D eigenvalue weighted by Crippen LogP contribution is 2.28. The van der Waals surface area contributed by atoms with E-state index >= 15 is 0 Å². The van der Waals surface area contributed by atoms with Gasteiger partial charge in [-0.1, -0.05) is 23.7 Å². The predicted octanol–water partition coefficient (Wildman–Crippen LogP) is 4.09. The summed E-state index contributed by atoms with van der Waals surface area (Å²) in [5.41, 5.74) is 0. The molecule has 2 rings (SSSR count). The molecule has 0 saturated heterocycles. The summed E-state index contributed by atoms with van der Waals surface area (Å²) in [5, 5.41) is 0.785. The van der Waals surface area contributed by atoms with Crippen molar-refractivity contribution in [2.75, 3.05) is 0 Å². The van der Waals surface area contributed by atoms with Gasteiger partial charge in [0, 0.05) is 4.90 Å². The van der Waals surface area contributed by atoms with Crippen molar-refractivity contribution in [1.82, 2.24) is 9.36 Å². The number of thioether (sulfide) groups is 1. The maximum atomic E-state index is 6.04. The Kier molecular flexibility index (Phi) is 4.24. The zero-order valence-electron chi connectivity index (χ0n) is 7.48. The van der Waals surface area contributed by atoms with Gasteiger partial charge in [-0.05, 0) is 46.3 Å². The minimum atomic E-state index is 0.767. The second kappa shape index (κ2) is 5.47. The molecule has 15 heavy (non-hydrogen) atoms. The van der Waals surface area contributed by atoms with Gasteiger partial charge in [0.05, 0.1) is 10.8 Å². The SMILES string of the molecule is Clc1ccccc1SCc1nsc(I)n1. The Hall–Kier alpha value is 0.150. The van der Waals surface area contributed by atoms with Crippen molar-refractivity contribution in [3.63, 3.8) is 0 Å². The highest BCUT2D eigenvalue weighted by atomic mass is 127. The fourth-order valence-electron chi connectivity index (χ4n) is 0.995. The Balaban J connectivity index is 2.02. The molecule has 2 nitrogen and oxygen atoms in total. The third kappa shape index (κ3) is 3.30. The van der Waals surface area contributed by atoms with Crippen LogP contribution >= 0.6 is 57.5 Å². The van der Waals surface area contributed by atoms with Crippen molar-refractivity contribution in [2.45, 2.75) is 10.6 Å². The summed E-state index contributed by atoms with van der Waals surface area (Å²) < 4.78 is 5.19. The first-order valence-electron chi connectivity index (χ1n) is 4.11. The molecule has 0 fully saturated rings. The van der Waals surface area contributed by atoms with Crippen LogP contribution in [0, 0.1) is 3.01 Å². The minimum absolute atomic E-state index is 0.767. The number of nitrogens with zero attached hydrogens (tertiary/aromatic N) is 2. The lowest BCUT2D eigenvalue weighted by molar-refractivity contribution is 1.12. The molecule has 1 aromatic heterocycles. The molecule has 2 aromatic rings. The van der Waals surface area contributed by atoms with Gasteiger partial charge in [-0.15, -0.1) is 11.8 Å². The average Bonchev–Trinajstić information content (AvgIpc) is 2.63. The van der Waals surface area contributed by atoms with Crippen LogP contribution in [-0.2, 0) is 5.75 Å². The highest BCUT2D eigenvalue weighted by molar-refractivity contribution is 14.1. The maximum absolute atomic E-state index is 6.04. The van der Waals surface area contributed by atoms with Crippen molar-refractivity contribution < 1.29 is 0 Å². The van der Waals surface area contributed by atoms with E-state index in [1.54, 1.807) is 11.8 Å². The zero-order chi connectivity index (χ0) is 10.7. The quantitative estimate of drug-likeness (QED) is 0.603. The Labute approximate surface area is 115 Å². The van der Waals surface area contributed by atoms with Crippen LogP contribution < -0.4 is 0 Å². The Morgan fingerprint density at radius 2 is 2.20 bits per heavy atom. The first kappa shape index (κ1) is 11.6. The Morgan fingerprint density at radius 1 is 1.40 bits per heavy atom. The van der Waals surface area contributed by atoms with Crippen molar-refractivity contribution in [1.29, 1.82) is 0 Å². The molecule has 0 N–H and O–H groups in total. The monoisotopic (exact) mass is 368 g/mol. The highest BCUT2D eigenvalue weighted by Gasteiger charge is 2.04. The molecule has 0 spiro atoms. The summed E-state index contributed by atoms with van der Waals surface area (Å²) in [4.78, 5) is 5.36. The molecule has 0 amide bonds. The summed E-state index contributed by atoms with van der Waals surface area (Å²) in [5.74, 6) is 1.64. The molecule has 0 atom stereocenters. The standard InChI is InChI=1S/C9H6ClIN2S2/c10-6-3-1-2-4-7(6)14-5-8-12-9(11)15-13-8/h1-4H,5H2. The van der Waals surface area contributed by atoms with E-state index in [2.05, 4.69) is 31.9 Å². The first-order valence-corrected chi connectivity index (χ1v) is 7.32. The van der Waals surface area contributed by atoms with Gasteiger partial charge < -0.3 is 0 Å². The van der Waals surface area contributed by atoms with Crippen molar-refractivity contribution >= 4 is 57.5 Å². The fraction of sp³-hybridized carbons (Fsp3) is 0.111. The van der Waals surface area contributed by atoms with Gasteiger partial charge in [0.1, 0.15) is 0 Å². The van der Waals surface area contributed by atoms with Crippen molar-refractivity contribution in [2.24, 2.45) is 0 Å². The number of aromatic nitrogens is 2. The topological polar surface area (TPSA) is 25.8 Å². The Bertz CT molecular complexity index is 461. The minimum Gasteiger partial charge on any atom is -0.213 e. The zero-order valence-corrected chi connectivity index (χ0v) is 12.0. The largest absolute Gasteiger partial charge is 0.213 e. The molecular formula is C9H6ClIN2S2. The maximum Gasteiger partial charge on any atom is 0.174 e. The van der Waals surface area contributed by atoms with Gasteiger partial charge in [-0.2, -0.15) is 4.37 Å². The third-order valence-corrected chi connectivity index (χ3v) is 4.52. The molecule has 78 valence electrons. The molecule has 0 saturated carbocycles. The van der Waals surface area contributed by atoms with E-state index < -0.39 is 0 Å². The van der Waals surface area contributed by atoms with E-state index in [1.165, 1.54) is 11.5 Å². The van der Waals surface area contributed by atoms with Crippen LogP contribution in [-0.4, -0.2) is 9.36 Å². The van der Waals surface area contributed by atoms with E-state index in [9.17, 15) is 0 Å². The number of benzene rings is 1. The normalized spacial score (nSPS) is 10.5. The number of hydrogen-bond donors (Lipinski definition) is 0. The van der Waals surface area contributed by atoms with Gasteiger partial charge in [-0.3, -0.25) is 0 Å². The summed E-state index contributed by atoms with van der Waals surface area (Å²) >= 11 is 11.3. The van der Waals surface area contributed by atoms with Crippen LogP contribution in [0.2, 0.25) is 5.02 Å². The summed E-state index contributed by atoms with van der Waals surface area (Å²) in [6, 6.07) is 7.80. The molecule has 1 heterocycles. The molecule has 6 heteroatoms. The van der Waals surface area contributed by atoms with E-state index in [0.29, 0.717) is 0 Å². The molecule has 1 aromatic carbocycles. The molecule has 0 aliphatic carbocycles. The molecule has 0 bridgehead atoms. The van der Waals surface area contributed by atoms with Crippen LogP contribution in [0.15, 0.2) is 29.2 Å². The van der Waals surface area contributed by atoms with Crippen molar-refractivity contribution in [3.8, 4) is 0 Å².